The second-order valence-electron chi connectivity index (χ2n) is 16.3. The van der Waals surface area contributed by atoms with E-state index in [1.54, 1.807) is 60.5 Å². The Balaban J connectivity index is 0.000000166. The number of aromatic nitrogens is 10. The molecule has 0 unspecified atom stereocenters. The lowest BCUT2D eigenvalue weighted by atomic mass is 9.86. The van der Waals surface area contributed by atoms with E-state index in [1.165, 1.54) is 0 Å². The van der Waals surface area contributed by atoms with Gasteiger partial charge in [-0.05, 0) is 122 Å². The number of benzene rings is 4. The molecule has 6 heterocycles. The highest BCUT2D eigenvalue weighted by molar-refractivity contribution is 6.30. The minimum Gasteiger partial charge on any atom is -0.495 e. The molecule has 336 valence electrons. The lowest BCUT2D eigenvalue weighted by molar-refractivity contribution is 0.0392. The summed E-state index contributed by atoms with van der Waals surface area (Å²) in [6, 6.07) is 26.4. The van der Waals surface area contributed by atoms with E-state index in [9.17, 15) is 10.2 Å². The first-order valence-corrected chi connectivity index (χ1v) is 22.3. The van der Waals surface area contributed by atoms with Crippen molar-refractivity contribution in [1.82, 2.24) is 48.6 Å². The Bertz CT molecular complexity index is 2860. The van der Waals surface area contributed by atoms with Gasteiger partial charge in [0.05, 0.1) is 49.6 Å². The second-order valence-corrected chi connectivity index (χ2v) is 17.2. The van der Waals surface area contributed by atoms with Gasteiger partial charge in [0.2, 0.25) is 0 Å². The number of aryl methyl sites for hydroxylation is 4. The van der Waals surface area contributed by atoms with Gasteiger partial charge >= 0.3 is 0 Å². The van der Waals surface area contributed by atoms with Crippen LogP contribution in [0.3, 0.4) is 0 Å². The maximum atomic E-state index is 11.5. The van der Waals surface area contributed by atoms with Crippen LogP contribution in [0.2, 0.25) is 10.0 Å². The van der Waals surface area contributed by atoms with Gasteiger partial charge in [-0.15, -0.1) is 0 Å². The smallest absolute Gasteiger partial charge is 0.174 e. The van der Waals surface area contributed by atoms with Gasteiger partial charge in [-0.25, -0.2) is 29.3 Å². The van der Waals surface area contributed by atoms with Crippen LogP contribution in [0, 0.1) is 13.8 Å². The van der Waals surface area contributed by atoms with Crippen molar-refractivity contribution in [2.45, 2.75) is 63.8 Å². The predicted octanol–water partition coefficient (Wildman–Crippen LogP) is 9.27. The van der Waals surface area contributed by atoms with Gasteiger partial charge in [-0.3, -0.25) is 0 Å². The number of nitrogens with zero attached hydrogens (tertiary/aromatic N) is 10. The standard InChI is InChI=1S/2C25H24ClN5O2/c2*1-17-15-30(16-27-17)21-10-4-18(14-22(21)33-2)5-11-23-28-24-25(32,12-3-13-31(24)29-23)19-6-8-20(26)9-7-19/h2*4-11,14-16,32H,3,12-13H2,1-2H3/b2*11-5+/t2*25-/m10/s1. The van der Waals surface area contributed by atoms with E-state index < -0.39 is 11.2 Å². The van der Waals surface area contributed by atoms with Crippen molar-refractivity contribution in [1.29, 1.82) is 0 Å². The summed E-state index contributed by atoms with van der Waals surface area (Å²) < 4.78 is 18.6. The van der Waals surface area contributed by atoms with Gasteiger partial charge in [0.15, 0.2) is 23.3 Å². The summed E-state index contributed by atoms with van der Waals surface area (Å²) >= 11 is 12.1. The number of halogens is 2. The zero-order chi connectivity index (χ0) is 46.0. The Labute approximate surface area is 392 Å². The number of imidazole rings is 2. The summed E-state index contributed by atoms with van der Waals surface area (Å²) in [5.41, 5.74) is 4.78. The molecule has 66 heavy (non-hydrogen) atoms. The van der Waals surface area contributed by atoms with Crippen LogP contribution in [0.5, 0.6) is 11.5 Å². The molecule has 4 aromatic carbocycles. The van der Waals surface area contributed by atoms with Crippen LogP contribution in [0.15, 0.2) is 110 Å². The van der Waals surface area contributed by atoms with Crippen molar-refractivity contribution in [3.05, 3.63) is 177 Å². The first kappa shape index (κ1) is 44.4. The fraction of sp³-hybridized carbons (Fsp3) is 0.240. The van der Waals surface area contributed by atoms with E-state index in [-0.39, 0.29) is 0 Å². The predicted molar refractivity (Wildman–Crippen MR) is 255 cm³/mol. The molecule has 14 nitrogen and oxygen atoms in total. The topological polar surface area (TPSA) is 156 Å². The van der Waals surface area contributed by atoms with Gasteiger partial charge < -0.3 is 28.8 Å². The molecular weight excluding hydrogens is 876 g/mol. The molecular formula is C50H48Cl2N10O4. The van der Waals surface area contributed by atoms with Crippen molar-refractivity contribution < 1.29 is 19.7 Å². The van der Waals surface area contributed by atoms with Crippen LogP contribution in [0.1, 0.15) is 82.6 Å². The van der Waals surface area contributed by atoms with E-state index in [0.29, 0.717) is 46.2 Å². The second kappa shape index (κ2) is 18.6. The van der Waals surface area contributed by atoms with Crippen LogP contribution in [0.4, 0.5) is 0 Å². The van der Waals surface area contributed by atoms with Gasteiger partial charge in [0.1, 0.15) is 22.7 Å². The SMILES string of the molecule is COc1cc(/C=C/c2nc3n(n2)CCC[C@@]3(O)c2ccc(Cl)cc2)ccc1-n1cnc(C)c1.COc1cc(/C=C/c2nc3n(n2)CCC[C@]3(O)c2ccc(Cl)cc2)ccc1-n1cnc(C)c1. The number of ether oxygens (including phenoxy) is 2. The monoisotopic (exact) mass is 922 g/mol. The normalized spacial score (nSPS) is 17.9. The molecule has 2 aliphatic heterocycles. The number of rotatable bonds is 10. The van der Waals surface area contributed by atoms with Gasteiger partial charge in [-0.2, -0.15) is 10.2 Å². The number of hydrogen-bond donors (Lipinski definition) is 2. The van der Waals surface area contributed by atoms with Crippen molar-refractivity contribution in [2.75, 3.05) is 14.2 Å². The fourth-order valence-corrected chi connectivity index (χ4v) is 8.70. The number of hydrogen-bond acceptors (Lipinski definition) is 10. The molecule has 0 aliphatic carbocycles. The zero-order valence-electron chi connectivity index (χ0n) is 36.9. The molecule has 2 N–H and O–H groups in total. The summed E-state index contributed by atoms with van der Waals surface area (Å²) in [5.74, 6) is 3.69. The van der Waals surface area contributed by atoms with E-state index in [4.69, 9.17) is 32.7 Å². The summed E-state index contributed by atoms with van der Waals surface area (Å²) in [5, 5.41) is 33.4. The van der Waals surface area contributed by atoms with Crippen LogP contribution < -0.4 is 9.47 Å². The Morgan fingerprint density at radius 2 is 0.985 bits per heavy atom. The third-order valence-electron chi connectivity index (χ3n) is 11.8. The Hall–Kier alpha value is -6.84. The Morgan fingerprint density at radius 1 is 0.576 bits per heavy atom. The Kier molecular flexibility index (Phi) is 12.5. The van der Waals surface area contributed by atoms with Crippen molar-refractivity contribution >= 4 is 47.5 Å². The first-order valence-electron chi connectivity index (χ1n) is 21.5. The largest absolute Gasteiger partial charge is 0.495 e. The first-order chi connectivity index (χ1) is 31.9. The molecule has 0 saturated carbocycles. The molecule has 0 spiro atoms. The summed E-state index contributed by atoms with van der Waals surface area (Å²) in [6.07, 6.45) is 17.8. The van der Waals surface area contributed by atoms with Crippen LogP contribution >= 0.6 is 23.2 Å². The van der Waals surface area contributed by atoms with Crippen LogP contribution in [-0.4, -0.2) is 73.1 Å². The third-order valence-corrected chi connectivity index (χ3v) is 12.3. The minimum absolute atomic E-state index is 0.549. The molecule has 16 heteroatoms. The average Bonchev–Trinajstić information content (AvgIpc) is 4.16. The van der Waals surface area contributed by atoms with E-state index >= 15 is 0 Å². The molecule has 2 aliphatic rings. The van der Waals surface area contributed by atoms with Crippen molar-refractivity contribution in [2.24, 2.45) is 0 Å². The summed E-state index contributed by atoms with van der Waals surface area (Å²) in [7, 11) is 3.30. The Morgan fingerprint density at radius 3 is 1.35 bits per heavy atom. The highest BCUT2D eigenvalue weighted by Gasteiger charge is 2.40. The fourth-order valence-electron chi connectivity index (χ4n) is 8.45. The lowest BCUT2D eigenvalue weighted by Gasteiger charge is -2.31. The average molecular weight is 924 g/mol. The number of fused-ring (bicyclic) bond motifs is 2. The van der Waals surface area contributed by atoms with Gasteiger partial charge in [-0.1, -0.05) is 71.8 Å². The van der Waals surface area contributed by atoms with Crippen molar-refractivity contribution in [3.63, 3.8) is 0 Å². The molecule has 10 rings (SSSR count). The highest BCUT2D eigenvalue weighted by Crippen LogP contribution is 2.39. The zero-order valence-corrected chi connectivity index (χ0v) is 38.4. The maximum Gasteiger partial charge on any atom is 0.174 e. The van der Waals surface area contributed by atoms with Crippen LogP contribution in [0.25, 0.3) is 35.7 Å². The number of methoxy groups -OCH3 is 2. The van der Waals surface area contributed by atoms with E-state index in [2.05, 4.69) is 30.1 Å². The molecule has 0 fully saturated rings. The number of aliphatic hydroxyl groups is 2. The summed E-state index contributed by atoms with van der Waals surface area (Å²) in [6.45, 7) is 5.34. The maximum absolute atomic E-state index is 11.5. The minimum atomic E-state index is -1.18. The third kappa shape index (κ3) is 9.05. The van der Waals surface area contributed by atoms with Gasteiger partial charge in [0, 0.05) is 35.5 Å². The molecule has 0 saturated heterocycles. The molecule has 0 bridgehead atoms. The van der Waals surface area contributed by atoms with Crippen LogP contribution in [-0.2, 0) is 24.3 Å². The van der Waals surface area contributed by atoms with Gasteiger partial charge in [0.25, 0.3) is 0 Å². The van der Waals surface area contributed by atoms with E-state index in [1.807, 2.05) is 120 Å². The molecule has 0 amide bonds. The van der Waals surface area contributed by atoms with Crippen molar-refractivity contribution in [3.8, 4) is 22.9 Å². The molecule has 0 radical (unpaired) electrons. The quantitative estimate of drug-likeness (QED) is 0.136. The lowest BCUT2D eigenvalue weighted by Crippen LogP contribution is -2.35. The molecule has 2 atom stereocenters. The highest BCUT2D eigenvalue weighted by atomic mass is 35.5. The summed E-state index contributed by atoms with van der Waals surface area (Å²) in [4.78, 5) is 17.9. The molecule has 4 aromatic heterocycles. The van der Waals surface area contributed by atoms with E-state index in [0.717, 1.165) is 82.4 Å². The molecule has 8 aromatic rings.